The highest BCUT2D eigenvalue weighted by molar-refractivity contribution is 7.91. The highest BCUT2D eigenvalue weighted by Crippen LogP contribution is 2.37. The van der Waals surface area contributed by atoms with Gasteiger partial charge in [0, 0.05) is 68.5 Å². The third-order valence-corrected chi connectivity index (χ3v) is 16.1. The monoisotopic (exact) mass is 964 g/mol. The number of nitrogens with zero attached hydrogens (tertiary/aromatic N) is 5. The van der Waals surface area contributed by atoms with Crippen LogP contribution in [0, 0.1) is 11.6 Å². The number of hydrogen-bond donors (Lipinski definition) is 0. The predicted molar refractivity (Wildman–Crippen MR) is 258 cm³/mol. The topological polar surface area (TPSA) is 78.5 Å². The largest absolute Gasteiger partial charge is 0.573 e. The lowest BCUT2D eigenvalue weighted by atomic mass is 9.99. The van der Waals surface area contributed by atoms with E-state index in [0.717, 1.165) is 90.1 Å². The Hall–Kier alpha value is -3.27. The zero-order valence-corrected chi connectivity index (χ0v) is 41.2. The van der Waals surface area contributed by atoms with E-state index in [1.165, 1.54) is 121 Å². The molecule has 4 heterocycles. The van der Waals surface area contributed by atoms with Gasteiger partial charge in [-0.15, -0.1) is 13.2 Å². The molecule has 67 heavy (non-hydrogen) atoms. The van der Waals surface area contributed by atoms with E-state index in [1.807, 2.05) is 4.90 Å². The molecule has 3 fully saturated rings. The molecular formula is C52H78F5N5O4S. The summed E-state index contributed by atoms with van der Waals surface area (Å²) in [5, 5.41) is -0.273. The Labute approximate surface area is 398 Å². The molecule has 1 aromatic heterocycles. The van der Waals surface area contributed by atoms with Crippen LogP contribution in [0.4, 0.5) is 27.6 Å². The maximum Gasteiger partial charge on any atom is 0.573 e. The van der Waals surface area contributed by atoms with Gasteiger partial charge in [0.05, 0.1) is 12.1 Å². The second-order valence-electron chi connectivity index (χ2n) is 19.2. The van der Waals surface area contributed by atoms with Crippen molar-refractivity contribution in [3.63, 3.8) is 0 Å². The summed E-state index contributed by atoms with van der Waals surface area (Å²) in [6.45, 7) is 13.0. The molecule has 2 aromatic carbocycles. The van der Waals surface area contributed by atoms with Crippen molar-refractivity contribution in [1.29, 1.82) is 0 Å². The molecule has 0 atom stereocenters. The fraction of sp³-hybridized carbons (Fsp3) is 0.712. The van der Waals surface area contributed by atoms with E-state index in [0.29, 0.717) is 43.3 Å². The fourth-order valence-electron chi connectivity index (χ4n) is 10.4. The number of benzene rings is 2. The Bertz CT molecular complexity index is 2050. The maximum absolute atomic E-state index is 15.7. The van der Waals surface area contributed by atoms with E-state index in [2.05, 4.69) is 38.3 Å². The number of likely N-dealkylation sites (tertiary alicyclic amines) is 1. The van der Waals surface area contributed by atoms with E-state index in [1.54, 1.807) is 0 Å². The lowest BCUT2D eigenvalue weighted by Crippen LogP contribution is -2.56. The normalized spacial score (nSPS) is 17.7. The van der Waals surface area contributed by atoms with Gasteiger partial charge in [-0.2, -0.15) is 0 Å². The van der Waals surface area contributed by atoms with Gasteiger partial charge in [0.1, 0.15) is 16.5 Å². The molecule has 0 aliphatic carbocycles. The number of anilines is 1. The number of piperidine rings is 2. The number of sulfone groups is 1. The van der Waals surface area contributed by atoms with Crippen molar-refractivity contribution in [3.05, 3.63) is 48.0 Å². The molecule has 0 saturated carbocycles. The number of piperazine rings is 1. The van der Waals surface area contributed by atoms with Crippen LogP contribution in [-0.4, -0.2) is 112 Å². The predicted octanol–water partition coefficient (Wildman–Crippen LogP) is 12.7. The Morgan fingerprint density at radius 3 is 1.64 bits per heavy atom. The molecule has 3 aliphatic heterocycles. The van der Waals surface area contributed by atoms with Crippen LogP contribution in [0.25, 0.3) is 10.9 Å². The summed E-state index contributed by atoms with van der Waals surface area (Å²) < 4.78 is 109. The molecule has 0 unspecified atom stereocenters. The molecule has 3 aliphatic rings. The van der Waals surface area contributed by atoms with Gasteiger partial charge in [-0.1, -0.05) is 123 Å². The quantitative estimate of drug-likeness (QED) is 0.0548. The number of pyridine rings is 1. The first kappa shape index (κ1) is 53.1. The summed E-state index contributed by atoms with van der Waals surface area (Å²) in [5.74, 6) is -3.03. The standard InChI is InChI=1S/C52H78F5N5O4S/c1-3-5-6-7-8-9-10-11-12-13-14-15-16-17-18-19-20-21-36-65-49-38-46(54)50(39-45(49)53)67(63,64)51-40-48(44-37-43(66-52(55,56)57)22-23-47(44)58-51)62-30-26-42(27-31-62)61-34-32-60(33-35-61)41-24-28-59(4-2)29-25-41/h22-23,37-42H,3-21,24-36H2,1-2H3. The van der Waals surface area contributed by atoms with Gasteiger partial charge in [-0.05, 0) is 82.1 Å². The first-order chi connectivity index (χ1) is 32.4. The van der Waals surface area contributed by atoms with Crippen LogP contribution >= 0.6 is 0 Å². The van der Waals surface area contributed by atoms with E-state index < -0.39 is 43.5 Å². The van der Waals surface area contributed by atoms with Crippen LogP contribution in [0.2, 0.25) is 0 Å². The van der Waals surface area contributed by atoms with E-state index in [9.17, 15) is 21.6 Å². The number of rotatable bonds is 27. The molecule has 15 heteroatoms. The number of hydrogen-bond acceptors (Lipinski definition) is 9. The lowest BCUT2D eigenvalue weighted by Gasteiger charge is -2.46. The highest BCUT2D eigenvalue weighted by atomic mass is 32.2. The molecule has 0 bridgehead atoms. The third kappa shape index (κ3) is 16.1. The van der Waals surface area contributed by atoms with Crippen LogP contribution in [0.3, 0.4) is 0 Å². The summed E-state index contributed by atoms with van der Waals surface area (Å²) in [6, 6.07) is 7.09. The third-order valence-electron chi connectivity index (χ3n) is 14.5. The number of alkyl halides is 3. The first-order valence-electron chi connectivity index (χ1n) is 25.9. The zero-order valence-electron chi connectivity index (χ0n) is 40.4. The average molecular weight is 964 g/mol. The van der Waals surface area contributed by atoms with Crippen LogP contribution in [0.1, 0.15) is 155 Å². The smallest absolute Gasteiger partial charge is 0.490 e. The van der Waals surface area contributed by atoms with Crippen LogP contribution in [0.15, 0.2) is 46.3 Å². The van der Waals surface area contributed by atoms with Gasteiger partial charge >= 0.3 is 6.36 Å². The molecule has 3 aromatic rings. The zero-order chi connectivity index (χ0) is 47.7. The number of ether oxygens (including phenoxy) is 2. The number of unbranched alkanes of at least 4 members (excludes halogenated alkanes) is 17. The molecule has 376 valence electrons. The maximum atomic E-state index is 15.7. The second-order valence-corrected chi connectivity index (χ2v) is 21.1. The van der Waals surface area contributed by atoms with Crippen molar-refractivity contribution < 1.29 is 39.8 Å². The minimum atomic E-state index is -4.94. The average Bonchev–Trinajstić information content (AvgIpc) is 3.32. The Morgan fingerprint density at radius 2 is 1.13 bits per heavy atom. The Balaban J connectivity index is 0.992. The Morgan fingerprint density at radius 1 is 0.627 bits per heavy atom. The molecule has 0 N–H and O–H groups in total. The molecule has 9 nitrogen and oxygen atoms in total. The van der Waals surface area contributed by atoms with Gasteiger partial charge in [0.2, 0.25) is 9.84 Å². The van der Waals surface area contributed by atoms with Crippen LogP contribution in [-0.2, 0) is 9.84 Å². The van der Waals surface area contributed by atoms with Crippen molar-refractivity contribution in [2.24, 2.45) is 0 Å². The van der Waals surface area contributed by atoms with E-state index in [-0.39, 0.29) is 23.3 Å². The van der Waals surface area contributed by atoms with Gasteiger partial charge in [0.25, 0.3) is 0 Å². The van der Waals surface area contributed by atoms with Gasteiger partial charge in [0.15, 0.2) is 16.6 Å². The first-order valence-corrected chi connectivity index (χ1v) is 27.4. The molecular weight excluding hydrogens is 886 g/mol. The number of fused-ring (bicyclic) bond motifs is 1. The summed E-state index contributed by atoms with van der Waals surface area (Å²) in [7, 11) is -4.74. The minimum Gasteiger partial charge on any atom is -0.490 e. The summed E-state index contributed by atoms with van der Waals surface area (Å²) in [6.07, 6.45) is 21.3. The van der Waals surface area contributed by atoms with Gasteiger partial charge in [-0.25, -0.2) is 22.2 Å². The Kier molecular flexibility index (Phi) is 21.1. The SMILES string of the molecule is CCCCCCCCCCCCCCCCCCCCOc1cc(F)c(S(=O)(=O)c2cc(N3CCC(N4CCN(C5CCN(CC)CC5)CC4)CC3)c3cc(OC(F)(F)F)ccc3n2)cc1F. The molecule has 6 rings (SSSR count). The van der Waals surface area contributed by atoms with Gasteiger partial charge in [-0.3, -0.25) is 9.80 Å². The van der Waals surface area contributed by atoms with Crippen LogP contribution in [0.5, 0.6) is 11.5 Å². The van der Waals surface area contributed by atoms with E-state index >= 15 is 8.78 Å². The second kappa shape index (κ2) is 26.6. The van der Waals surface area contributed by atoms with Crippen LogP contribution < -0.4 is 14.4 Å². The van der Waals surface area contributed by atoms with Crippen molar-refractivity contribution in [2.75, 3.05) is 70.4 Å². The number of aromatic nitrogens is 1. The molecule has 0 amide bonds. The minimum absolute atomic E-state index is 0.0822. The fourth-order valence-corrected chi connectivity index (χ4v) is 11.7. The summed E-state index contributed by atoms with van der Waals surface area (Å²) in [4.78, 5) is 13.0. The number of halogens is 5. The highest BCUT2D eigenvalue weighted by Gasteiger charge is 2.34. The lowest BCUT2D eigenvalue weighted by molar-refractivity contribution is -0.274. The van der Waals surface area contributed by atoms with Gasteiger partial charge < -0.3 is 19.3 Å². The molecule has 3 saturated heterocycles. The van der Waals surface area contributed by atoms with Crippen molar-refractivity contribution in [3.8, 4) is 11.5 Å². The molecule has 0 spiro atoms. The summed E-state index contributed by atoms with van der Waals surface area (Å²) in [5.41, 5.74) is 0.418. The van der Waals surface area contributed by atoms with Crippen molar-refractivity contribution in [1.82, 2.24) is 19.7 Å². The van der Waals surface area contributed by atoms with E-state index in [4.69, 9.17) is 4.74 Å². The molecule has 0 radical (unpaired) electrons. The van der Waals surface area contributed by atoms with Crippen molar-refractivity contribution in [2.45, 2.75) is 183 Å². The van der Waals surface area contributed by atoms with Crippen molar-refractivity contribution >= 4 is 26.4 Å². The summed E-state index contributed by atoms with van der Waals surface area (Å²) >= 11 is 0.